The summed E-state index contributed by atoms with van der Waals surface area (Å²) >= 11 is 6.09. The summed E-state index contributed by atoms with van der Waals surface area (Å²) in [7, 11) is 0. The summed E-state index contributed by atoms with van der Waals surface area (Å²) in [5.41, 5.74) is 0.862. The third-order valence-corrected chi connectivity index (χ3v) is 2.75. The molecule has 2 aromatic rings. The number of para-hydroxylation sites is 1. The molecule has 1 aromatic carbocycles. The van der Waals surface area contributed by atoms with Crippen LogP contribution in [0.4, 0.5) is 0 Å². The van der Waals surface area contributed by atoms with Crippen molar-refractivity contribution >= 4 is 28.4 Å². The Labute approximate surface area is 109 Å². The smallest absolute Gasteiger partial charge is 0.270 e. The van der Waals surface area contributed by atoms with Gasteiger partial charge < -0.3 is 5.32 Å². The zero-order valence-electron chi connectivity index (χ0n) is 9.64. The Hall–Kier alpha value is -2.12. The topological polar surface area (TPSA) is 65.8 Å². The number of nitriles is 1. The molecule has 5 heteroatoms. The van der Waals surface area contributed by atoms with Crippen LogP contribution in [-0.4, -0.2) is 16.9 Å². The maximum absolute atomic E-state index is 11.8. The van der Waals surface area contributed by atoms with Gasteiger partial charge in [-0.05, 0) is 19.1 Å². The lowest BCUT2D eigenvalue weighted by Crippen LogP contribution is -2.31. The molecule has 0 saturated carbocycles. The van der Waals surface area contributed by atoms with Gasteiger partial charge in [-0.2, -0.15) is 5.26 Å². The van der Waals surface area contributed by atoms with E-state index in [1.165, 1.54) is 6.07 Å². The van der Waals surface area contributed by atoms with Crippen molar-refractivity contribution in [3.8, 4) is 6.07 Å². The van der Waals surface area contributed by atoms with E-state index in [9.17, 15) is 4.79 Å². The molecule has 1 aromatic heterocycles. The van der Waals surface area contributed by atoms with Gasteiger partial charge in [-0.3, -0.25) is 4.79 Å². The SMILES string of the molecule is CC(C#N)NC(=O)c1cc(Cl)c2ccccc2n1. The summed E-state index contributed by atoms with van der Waals surface area (Å²) in [5.74, 6) is -0.406. The van der Waals surface area contributed by atoms with E-state index in [2.05, 4.69) is 10.3 Å². The van der Waals surface area contributed by atoms with Crippen LogP contribution in [0.5, 0.6) is 0 Å². The van der Waals surface area contributed by atoms with Crippen LogP contribution in [0.1, 0.15) is 17.4 Å². The summed E-state index contributed by atoms with van der Waals surface area (Å²) in [5, 5.41) is 12.4. The lowest BCUT2D eigenvalue weighted by Gasteiger charge is -2.07. The van der Waals surface area contributed by atoms with Crippen molar-refractivity contribution < 1.29 is 4.79 Å². The predicted molar refractivity (Wildman–Crippen MR) is 69.3 cm³/mol. The van der Waals surface area contributed by atoms with Gasteiger partial charge in [0.2, 0.25) is 0 Å². The van der Waals surface area contributed by atoms with Gasteiger partial charge in [-0.15, -0.1) is 0 Å². The highest BCUT2D eigenvalue weighted by Gasteiger charge is 2.12. The van der Waals surface area contributed by atoms with Crippen molar-refractivity contribution in [3.05, 3.63) is 41.0 Å². The lowest BCUT2D eigenvalue weighted by molar-refractivity contribution is 0.0943. The van der Waals surface area contributed by atoms with Gasteiger partial charge >= 0.3 is 0 Å². The highest BCUT2D eigenvalue weighted by atomic mass is 35.5. The molecule has 0 saturated heterocycles. The number of hydrogen-bond donors (Lipinski definition) is 1. The quantitative estimate of drug-likeness (QED) is 0.901. The average Bonchev–Trinajstić information content (AvgIpc) is 2.38. The fraction of sp³-hybridized carbons (Fsp3) is 0.154. The number of halogens is 1. The van der Waals surface area contributed by atoms with Gasteiger partial charge in [0.1, 0.15) is 11.7 Å². The van der Waals surface area contributed by atoms with Crippen molar-refractivity contribution in [2.75, 3.05) is 0 Å². The zero-order valence-corrected chi connectivity index (χ0v) is 10.4. The summed E-state index contributed by atoms with van der Waals surface area (Å²) < 4.78 is 0. The van der Waals surface area contributed by atoms with Gasteiger partial charge in [0.25, 0.3) is 5.91 Å². The number of pyridine rings is 1. The molecular weight excluding hydrogens is 250 g/mol. The second kappa shape index (κ2) is 5.03. The maximum Gasteiger partial charge on any atom is 0.270 e. The molecule has 0 fully saturated rings. The van der Waals surface area contributed by atoms with Crippen molar-refractivity contribution in [1.29, 1.82) is 5.26 Å². The molecule has 0 aliphatic heterocycles. The van der Waals surface area contributed by atoms with Crippen molar-refractivity contribution in [1.82, 2.24) is 10.3 Å². The first kappa shape index (κ1) is 12.3. The molecule has 0 radical (unpaired) electrons. The molecule has 0 spiro atoms. The number of aromatic nitrogens is 1. The zero-order chi connectivity index (χ0) is 13.1. The molecule has 1 atom stereocenters. The molecule has 1 unspecified atom stereocenters. The number of fused-ring (bicyclic) bond motifs is 1. The van der Waals surface area contributed by atoms with Gasteiger partial charge in [0.15, 0.2) is 0 Å². The van der Waals surface area contributed by atoms with E-state index in [1.807, 2.05) is 24.3 Å². The van der Waals surface area contributed by atoms with E-state index in [-0.39, 0.29) is 5.69 Å². The van der Waals surface area contributed by atoms with Crippen molar-refractivity contribution in [2.24, 2.45) is 0 Å². The van der Waals surface area contributed by atoms with Crippen LogP contribution < -0.4 is 5.32 Å². The number of nitrogens with zero attached hydrogens (tertiary/aromatic N) is 2. The molecule has 0 aliphatic rings. The average molecular weight is 260 g/mol. The Bertz CT molecular complexity index is 648. The summed E-state index contributed by atoms with van der Waals surface area (Å²) in [4.78, 5) is 16.0. The highest BCUT2D eigenvalue weighted by Crippen LogP contribution is 2.22. The summed E-state index contributed by atoms with van der Waals surface area (Å²) in [6, 6.07) is 10.2. The van der Waals surface area contributed by atoms with Crippen LogP contribution in [0, 0.1) is 11.3 Å². The van der Waals surface area contributed by atoms with Gasteiger partial charge in [0.05, 0.1) is 16.6 Å². The maximum atomic E-state index is 11.8. The molecule has 1 heterocycles. The van der Waals surface area contributed by atoms with E-state index >= 15 is 0 Å². The van der Waals surface area contributed by atoms with Crippen molar-refractivity contribution in [3.63, 3.8) is 0 Å². The molecule has 0 bridgehead atoms. The fourth-order valence-corrected chi connectivity index (χ4v) is 1.82. The van der Waals surface area contributed by atoms with E-state index in [0.717, 1.165) is 5.39 Å². The van der Waals surface area contributed by atoms with E-state index in [0.29, 0.717) is 10.5 Å². The number of nitrogens with one attached hydrogen (secondary N) is 1. The number of carbonyl (C=O) groups is 1. The Morgan fingerprint density at radius 1 is 1.50 bits per heavy atom. The third kappa shape index (κ3) is 2.41. The molecule has 1 N–H and O–H groups in total. The highest BCUT2D eigenvalue weighted by molar-refractivity contribution is 6.35. The molecular formula is C13H10ClN3O. The van der Waals surface area contributed by atoms with E-state index < -0.39 is 11.9 Å². The van der Waals surface area contributed by atoms with Crippen LogP contribution in [0.3, 0.4) is 0 Å². The van der Waals surface area contributed by atoms with Crippen molar-refractivity contribution in [2.45, 2.75) is 13.0 Å². The third-order valence-electron chi connectivity index (χ3n) is 2.44. The minimum absolute atomic E-state index is 0.209. The van der Waals surface area contributed by atoms with Crippen LogP contribution in [0.25, 0.3) is 10.9 Å². The Morgan fingerprint density at radius 3 is 2.94 bits per heavy atom. The second-order valence-electron chi connectivity index (χ2n) is 3.83. The molecule has 4 nitrogen and oxygen atoms in total. The largest absolute Gasteiger partial charge is 0.335 e. The molecule has 90 valence electrons. The Kier molecular flexibility index (Phi) is 3.45. The Morgan fingerprint density at radius 2 is 2.22 bits per heavy atom. The first-order valence-electron chi connectivity index (χ1n) is 5.37. The molecule has 2 rings (SSSR count). The van der Waals surface area contributed by atoms with E-state index in [1.54, 1.807) is 13.0 Å². The monoisotopic (exact) mass is 259 g/mol. The predicted octanol–water partition coefficient (Wildman–Crippen LogP) is 2.53. The first-order valence-corrected chi connectivity index (χ1v) is 5.75. The van der Waals surface area contributed by atoms with Crippen LogP contribution >= 0.6 is 11.6 Å². The summed E-state index contributed by atoms with van der Waals surface area (Å²) in [6.45, 7) is 1.60. The normalized spacial score (nSPS) is 11.8. The molecule has 18 heavy (non-hydrogen) atoms. The van der Waals surface area contributed by atoms with Crippen LogP contribution in [-0.2, 0) is 0 Å². The second-order valence-corrected chi connectivity index (χ2v) is 4.24. The number of benzene rings is 1. The van der Waals surface area contributed by atoms with Crippen LogP contribution in [0.15, 0.2) is 30.3 Å². The lowest BCUT2D eigenvalue weighted by atomic mass is 10.2. The number of amides is 1. The number of carbonyl (C=O) groups excluding carboxylic acids is 1. The minimum Gasteiger partial charge on any atom is -0.335 e. The van der Waals surface area contributed by atoms with Gasteiger partial charge in [-0.25, -0.2) is 4.98 Å². The number of rotatable bonds is 2. The Balaban J connectivity index is 2.41. The van der Waals surface area contributed by atoms with Crippen LogP contribution in [0.2, 0.25) is 5.02 Å². The van der Waals surface area contributed by atoms with Gasteiger partial charge in [0, 0.05) is 5.39 Å². The minimum atomic E-state index is -0.565. The number of hydrogen-bond acceptors (Lipinski definition) is 3. The first-order chi connectivity index (χ1) is 8.61. The molecule has 1 amide bonds. The van der Waals surface area contributed by atoms with Gasteiger partial charge in [-0.1, -0.05) is 29.8 Å². The standard InChI is InChI=1S/C13H10ClN3O/c1-8(7-15)16-13(18)12-6-10(14)9-4-2-3-5-11(9)17-12/h2-6,8H,1H3,(H,16,18). The van der Waals surface area contributed by atoms with E-state index in [4.69, 9.17) is 16.9 Å². The summed E-state index contributed by atoms with van der Waals surface area (Å²) in [6.07, 6.45) is 0. The molecule has 0 aliphatic carbocycles. The fourth-order valence-electron chi connectivity index (χ4n) is 1.55.